The second-order valence-corrected chi connectivity index (χ2v) is 2.76. The topological polar surface area (TPSA) is 71.8 Å². The molecule has 12 heavy (non-hydrogen) atoms. The summed E-state index contributed by atoms with van der Waals surface area (Å²) in [5, 5.41) is 0. The Kier molecular flexibility index (Phi) is 2.60. The number of H-pyrrole nitrogens is 1. The molecule has 0 aromatic carbocycles. The minimum atomic E-state index is -0.218. The van der Waals surface area contributed by atoms with E-state index in [1.165, 1.54) is 6.07 Å². The summed E-state index contributed by atoms with van der Waals surface area (Å²) < 4.78 is 0. The maximum atomic E-state index is 11.0. The average Bonchev–Trinajstić information content (AvgIpc) is 2.03. The maximum Gasteiger partial charge on any atom is 0.251 e. The lowest BCUT2D eigenvalue weighted by Gasteiger charge is -2.04. The Morgan fingerprint density at radius 1 is 1.75 bits per heavy atom. The van der Waals surface area contributed by atoms with Crippen LogP contribution in [0.4, 0.5) is 0 Å². The van der Waals surface area contributed by atoms with Gasteiger partial charge in [-0.3, -0.25) is 4.79 Å². The summed E-state index contributed by atoms with van der Waals surface area (Å²) in [5.41, 5.74) is 6.23. The zero-order valence-electron chi connectivity index (χ0n) is 7.29. The third kappa shape index (κ3) is 1.92. The molecule has 4 heteroatoms. The van der Waals surface area contributed by atoms with Crippen LogP contribution in [0.3, 0.4) is 0 Å². The lowest BCUT2D eigenvalue weighted by atomic mass is 10.3. The second kappa shape index (κ2) is 3.49. The first kappa shape index (κ1) is 8.93. The Morgan fingerprint density at radius 3 is 2.92 bits per heavy atom. The fourth-order valence-corrected chi connectivity index (χ4v) is 0.925. The van der Waals surface area contributed by atoms with E-state index in [1.54, 1.807) is 6.92 Å². The number of hydrogen-bond acceptors (Lipinski definition) is 3. The van der Waals surface area contributed by atoms with E-state index in [4.69, 9.17) is 5.73 Å². The molecule has 0 fully saturated rings. The van der Waals surface area contributed by atoms with E-state index in [9.17, 15) is 4.79 Å². The van der Waals surface area contributed by atoms with Crippen LogP contribution in [0, 0.1) is 0 Å². The Labute approximate surface area is 70.8 Å². The van der Waals surface area contributed by atoms with Gasteiger partial charge in [0.2, 0.25) is 0 Å². The van der Waals surface area contributed by atoms with Gasteiger partial charge in [0.15, 0.2) is 0 Å². The van der Waals surface area contributed by atoms with Gasteiger partial charge in [0.25, 0.3) is 5.56 Å². The van der Waals surface area contributed by atoms with Crippen molar-refractivity contribution in [2.45, 2.75) is 26.3 Å². The molecule has 0 saturated heterocycles. The van der Waals surface area contributed by atoms with Crippen molar-refractivity contribution in [3.63, 3.8) is 0 Å². The summed E-state index contributed by atoms with van der Waals surface area (Å²) in [6, 6.07) is 1.27. The van der Waals surface area contributed by atoms with Crippen LogP contribution in [-0.4, -0.2) is 9.97 Å². The number of aromatic nitrogens is 2. The molecule has 1 unspecified atom stereocenters. The van der Waals surface area contributed by atoms with Crippen molar-refractivity contribution in [2.24, 2.45) is 5.73 Å². The monoisotopic (exact) mass is 167 g/mol. The molecule has 0 aliphatic heterocycles. The van der Waals surface area contributed by atoms with Gasteiger partial charge in [-0.05, 0) is 13.3 Å². The molecule has 3 N–H and O–H groups in total. The summed E-state index contributed by atoms with van der Waals surface area (Å²) in [7, 11) is 0. The van der Waals surface area contributed by atoms with Crippen molar-refractivity contribution in [1.29, 1.82) is 0 Å². The first-order chi connectivity index (χ1) is 5.63. The molecule has 0 bridgehead atoms. The molecule has 1 heterocycles. The van der Waals surface area contributed by atoms with Gasteiger partial charge in [-0.2, -0.15) is 0 Å². The number of rotatable bonds is 2. The van der Waals surface area contributed by atoms with E-state index in [-0.39, 0.29) is 11.6 Å². The fraction of sp³-hybridized carbons (Fsp3) is 0.500. The van der Waals surface area contributed by atoms with E-state index in [1.807, 2.05) is 6.92 Å². The van der Waals surface area contributed by atoms with Crippen molar-refractivity contribution in [1.82, 2.24) is 9.97 Å². The normalized spacial score (nSPS) is 12.9. The third-order valence-electron chi connectivity index (χ3n) is 1.61. The predicted molar refractivity (Wildman–Crippen MR) is 46.8 cm³/mol. The van der Waals surface area contributed by atoms with Gasteiger partial charge in [0.05, 0.1) is 6.04 Å². The largest absolute Gasteiger partial charge is 0.322 e. The van der Waals surface area contributed by atoms with E-state index in [2.05, 4.69) is 9.97 Å². The van der Waals surface area contributed by atoms with Crippen LogP contribution in [-0.2, 0) is 6.42 Å². The molecule has 1 aromatic heterocycles. The fourth-order valence-electron chi connectivity index (χ4n) is 0.925. The molecular formula is C8H13N3O. The van der Waals surface area contributed by atoms with Crippen molar-refractivity contribution < 1.29 is 0 Å². The van der Waals surface area contributed by atoms with E-state index in [0.717, 1.165) is 12.1 Å². The molecule has 1 atom stereocenters. The van der Waals surface area contributed by atoms with Crippen LogP contribution in [0.25, 0.3) is 0 Å². The minimum absolute atomic E-state index is 0.130. The van der Waals surface area contributed by atoms with Crippen LogP contribution in [0.15, 0.2) is 10.9 Å². The lowest BCUT2D eigenvalue weighted by molar-refractivity contribution is 0.720. The lowest BCUT2D eigenvalue weighted by Crippen LogP contribution is -2.18. The molecule has 0 saturated carbocycles. The van der Waals surface area contributed by atoms with Crippen LogP contribution in [0.2, 0.25) is 0 Å². The van der Waals surface area contributed by atoms with Crippen molar-refractivity contribution in [2.75, 3.05) is 0 Å². The van der Waals surface area contributed by atoms with Gasteiger partial charge >= 0.3 is 0 Å². The standard InChI is InChI=1S/C8H13N3O/c1-3-6-4-7(12)11-8(10-6)5(2)9/h4-5H,3,9H2,1-2H3,(H,10,11,12). The Bertz CT molecular complexity index is 316. The molecule has 1 rings (SSSR count). The van der Waals surface area contributed by atoms with Crippen molar-refractivity contribution in [3.8, 4) is 0 Å². The summed E-state index contributed by atoms with van der Waals surface area (Å²) in [5.74, 6) is 0.555. The third-order valence-corrected chi connectivity index (χ3v) is 1.61. The van der Waals surface area contributed by atoms with Gasteiger partial charge in [-0.1, -0.05) is 6.92 Å². The highest BCUT2D eigenvalue weighted by Gasteiger charge is 2.03. The Morgan fingerprint density at radius 2 is 2.42 bits per heavy atom. The maximum absolute atomic E-state index is 11.0. The average molecular weight is 167 g/mol. The van der Waals surface area contributed by atoms with Crippen LogP contribution >= 0.6 is 0 Å². The number of hydrogen-bond donors (Lipinski definition) is 2. The van der Waals surface area contributed by atoms with Crippen LogP contribution in [0.1, 0.15) is 31.4 Å². The number of nitrogens with one attached hydrogen (secondary N) is 1. The molecular weight excluding hydrogens is 154 g/mol. The zero-order valence-corrected chi connectivity index (χ0v) is 7.29. The smallest absolute Gasteiger partial charge is 0.251 e. The molecule has 0 radical (unpaired) electrons. The Balaban J connectivity index is 3.15. The van der Waals surface area contributed by atoms with E-state index >= 15 is 0 Å². The van der Waals surface area contributed by atoms with Gasteiger partial charge in [-0.25, -0.2) is 4.98 Å². The second-order valence-electron chi connectivity index (χ2n) is 2.76. The van der Waals surface area contributed by atoms with Crippen molar-refractivity contribution in [3.05, 3.63) is 27.9 Å². The van der Waals surface area contributed by atoms with E-state index < -0.39 is 0 Å². The summed E-state index contributed by atoms with van der Waals surface area (Å²) in [4.78, 5) is 17.8. The Hall–Kier alpha value is -1.16. The summed E-state index contributed by atoms with van der Waals surface area (Å²) in [6.07, 6.45) is 0.754. The molecule has 4 nitrogen and oxygen atoms in total. The number of aromatic amines is 1. The zero-order chi connectivity index (χ0) is 9.14. The van der Waals surface area contributed by atoms with Crippen LogP contribution in [0.5, 0.6) is 0 Å². The molecule has 0 spiro atoms. The first-order valence-electron chi connectivity index (χ1n) is 3.99. The highest BCUT2D eigenvalue weighted by atomic mass is 16.1. The molecule has 66 valence electrons. The summed E-state index contributed by atoms with van der Waals surface area (Å²) in [6.45, 7) is 3.74. The summed E-state index contributed by atoms with van der Waals surface area (Å²) >= 11 is 0. The molecule has 1 aromatic rings. The minimum Gasteiger partial charge on any atom is -0.322 e. The van der Waals surface area contributed by atoms with Crippen molar-refractivity contribution >= 4 is 0 Å². The first-order valence-corrected chi connectivity index (χ1v) is 3.99. The molecule has 0 amide bonds. The quantitative estimate of drug-likeness (QED) is 0.667. The van der Waals surface area contributed by atoms with Gasteiger partial charge in [0.1, 0.15) is 5.82 Å². The number of nitrogens with two attached hydrogens (primary N) is 1. The highest BCUT2D eigenvalue weighted by Crippen LogP contribution is 2.00. The van der Waals surface area contributed by atoms with Gasteiger partial charge in [-0.15, -0.1) is 0 Å². The SMILES string of the molecule is CCc1cc(=O)[nH]c(C(C)N)n1. The van der Waals surface area contributed by atoms with Gasteiger partial charge < -0.3 is 10.7 Å². The molecule has 0 aliphatic carbocycles. The highest BCUT2D eigenvalue weighted by molar-refractivity contribution is 5.04. The van der Waals surface area contributed by atoms with Crippen LogP contribution < -0.4 is 11.3 Å². The van der Waals surface area contributed by atoms with E-state index in [0.29, 0.717) is 5.82 Å². The number of aryl methyl sites for hydroxylation is 1. The number of nitrogens with zero attached hydrogens (tertiary/aromatic N) is 1. The molecule has 0 aliphatic rings. The predicted octanol–water partition coefficient (Wildman–Crippen LogP) is 0.352. The van der Waals surface area contributed by atoms with Gasteiger partial charge in [0, 0.05) is 11.8 Å².